The van der Waals surface area contributed by atoms with Gasteiger partial charge < -0.3 is 9.88 Å². The lowest BCUT2D eigenvalue weighted by Gasteiger charge is -2.17. The van der Waals surface area contributed by atoms with Crippen LogP contribution in [0.5, 0.6) is 0 Å². The molecule has 2 aromatic carbocycles. The number of carbonyl (C=O) groups is 1. The Morgan fingerprint density at radius 1 is 0.912 bits per heavy atom. The van der Waals surface area contributed by atoms with Crippen molar-refractivity contribution in [1.29, 1.82) is 0 Å². The maximum atomic E-state index is 13.0. The molecule has 0 bridgehead atoms. The average Bonchev–Trinajstić information content (AvgIpc) is 3.19. The molecular weight excluding hydrogens is 418 g/mol. The number of imidazole rings is 1. The lowest BCUT2D eigenvalue weighted by molar-refractivity contribution is 0.0937. The van der Waals surface area contributed by atoms with Crippen LogP contribution in [0.2, 0.25) is 0 Å². The van der Waals surface area contributed by atoms with Crippen molar-refractivity contribution >= 4 is 16.9 Å². The Morgan fingerprint density at radius 3 is 2.24 bits per heavy atom. The zero-order valence-electron chi connectivity index (χ0n) is 21.7. The Bertz CT molecular complexity index is 1050. The highest BCUT2D eigenvalue weighted by molar-refractivity contribution is 5.96. The van der Waals surface area contributed by atoms with Crippen molar-refractivity contribution in [2.75, 3.05) is 0 Å². The van der Waals surface area contributed by atoms with Gasteiger partial charge in [-0.1, -0.05) is 94.5 Å². The fourth-order valence-electron chi connectivity index (χ4n) is 4.82. The molecule has 0 aliphatic carbocycles. The third-order valence-electron chi connectivity index (χ3n) is 6.78. The van der Waals surface area contributed by atoms with E-state index in [-0.39, 0.29) is 11.9 Å². The van der Waals surface area contributed by atoms with Crippen LogP contribution in [0.1, 0.15) is 111 Å². The summed E-state index contributed by atoms with van der Waals surface area (Å²) in [6, 6.07) is 14.1. The summed E-state index contributed by atoms with van der Waals surface area (Å²) in [4.78, 5) is 17.9. The van der Waals surface area contributed by atoms with E-state index < -0.39 is 0 Å². The third kappa shape index (κ3) is 7.19. The molecule has 3 rings (SSSR count). The summed E-state index contributed by atoms with van der Waals surface area (Å²) >= 11 is 0. The summed E-state index contributed by atoms with van der Waals surface area (Å²) in [7, 11) is 0. The average molecular weight is 462 g/mol. The molecule has 1 amide bonds. The van der Waals surface area contributed by atoms with Crippen molar-refractivity contribution in [2.24, 2.45) is 0 Å². The summed E-state index contributed by atoms with van der Waals surface area (Å²) in [5.41, 5.74) is 5.05. The summed E-state index contributed by atoms with van der Waals surface area (Å²) in [5, 5.41) is 3.19. The molecule has 3 aromatic rings. The quantitative estimate of drug-likeness (QED) is 0.247. The number of carbonyl (C=O) groups excluding carboxylic acids is 1. The molecule has 1 unspecified atom stereocenters. The van der Waals surface area contributed by atoms with E-state index in [4.69, 9.17) is 4.98 Å². The zero-order chi connectivity index (χ0) is 24.3. The smallest absolute Gasteiger partial charge is 0.252 e. The van der Waals surface area contributed by atoms with E-state index in [1.54, 1.807) is 0 Å². The standard InChI is InChI=1S/C30H43N3O/c1-5-6-7-8-9-10-11-12-13-16-21-33-28-18-15-14-17-27(28)32-29(33)25(4)31-30(34)26-20-19-23(2)22-24(26)3/h14-15,17-20,22,25H,5-13,16,21H2,1-4H3,(H,31,34). The Labute approximate surface area is 206 Å². The number of amides is 1. The van der Waals surface area contributed by atoms with Crippen LogP contribution in [-0.2, 0) is 6.54 Å². The molecule has 34 heavy (non-hydrogen) atoms. The number of hydrogen-bond acceptors (Lipinski definition) is 2. The van der Waals surface area contributed by atoms with E-state index in [2.05, 4.69) is 41.1 Å². The maximum absolute atomic E-state index is 13.0. The van der Waals surface area contributed by atoms with Crippen molar-refractivity contribution in [2.45, 2.75) is 104 Å². The molecule has 1 heterocycles. The van der Waals surface area contributed by atoms with E-state index in [1.807, 2.05) is 39.0 Å². The van der Waals surface area contributed by atoms with Crippen molar-refractivity contribution in [3.05, 3.63) is 65.0 Å². The van der Waals surface area contributed by atoms with Crippen LogP contribution in [0.4, 0.5) is 0 Å². The van der Waals surface area contributed by atoms with Crippen LogP contribution in [0.3, 0.4) is 0 Å². The van der Waals surface area contributed by atoms with Gasteiger partial charge in [0.1, 0.15) is 5.82 Å². The number of aromatic nitrogens is 2. The number of nitrogens with one attached hydrogen (secondary N) is 1. The van der Waals surface area contributed by atoms with E-state index in [0.717, 1.165) is 41.0 Å². The van der Waals surface area contributed by atoms with Gasteiger partial charge in [0.15, 0.2) is 0 Å². The van der Waals surface area contributed by atoms with Gasteiger partial charge >= 0.3 is 0 Å². The second-order valence-electron chi connectivity index (χ2n) is 9.81. The third-order valence-corrected chi connectivity index (χ3v) is 6.78. The minimum absolute atomic E-state index is 0.0393. The first-order valence-corrected chi connectivity index (χ1v) is 13.3. The number of hydrogen-bond donors (Lipinski definition) is 1. The Balaban J connectivity index is 1.58. The molecular formula is C30H43N3O. The zero-order valence-corrected chi connectivity index (χ0v) is 21.7. The van der Waals surface area contributed by atoms with Gasteiger partial charge in [-0.05, 0) is 51.0 Å². The second kappa shape index (κ2) is 13.3. The van der Waals surface area contributed by atoms with E-state index in [9.17, 15) is 4.79 Å². The molecule has 0 fully saturated rings. The predicted octanol–water partition coefficient (Wildman–Crippen LogP) is 8.07. The van der Waals surface area contributed by atoms with Gasteiger partial charge in [-0.25, -0.2) is 4.98 Å². The molecule has 0 spiro atoms. The molecule has 1 aromatic heterocycles. The second-order valence-corrected chi connectivity index (χ2v) is 9.81. The van der Waals surface area contributed by atoms with Crippen molar-refractivity contribution in [3.8, 4) is 0 Å². The lowest BCUT2D eigenvalue weighted by atomic mass is 10.0. The number of benzene rings is 2. The van der Waals surface area contributed by atoms with Crippen LogP contribution >= 0.6 is 0 Å². The van der Waals surface area contributed by atoms with Crippen LogP contribution in [-0.4, -0.2) is 15.5 Å². The van der Waals surface area contributed by atoms with Crippen molar-refractivity contribution in [1.82, 2.24) is 14.9 Å². The summed E-state index contributed by atoms with van der Waals surface area (Å²) in [6.07, 6.45) is 13.3. The predicted molar refractivity (Wildman–Crippen MR) is 143 cm³/mol. The highest BCUT2D eigenvalue weighted by Crippen LogP contribution is 2.23. The van der Waals surface area contributed by atoms with Crippen LogP contribution in [0, 0.1) is 13.8 Å². The number of unbranched alkanes of at least 4 members (excludes halogenated alkanes) is 9. The van der Waals surface area contributed by atoms with Crippen LogP contribution in [0.15, 0.2) is 42.5 Å². The van der Waals surface area contributed by atoms with Crippen LogP contribution < -0.4 is 5.32 Å². The number of rotatable bonds is 14. The fraction of sp³-hybridized carbons (Fsp3) is 0.533. The number of para-hydroxylation sites is 2. The SMILES string of the molecule is CCCCCCCCCCCCn1c(C(C)NC(=O)c2ccc(C)cc2C)nc2ccccc21. The minimum Gasteiger partial charge on any atom is -0.342 e. The molecule has 0 aliphatic rings. The Hall–Kier alpha value is -2.62. The molecule has 0 aliphatic heterocycles. The van der Waals surface area contributed by atoms with E-state index >= 15 is 0 Å². The van der Waals surface area contributed by atoms with E-state index in [1.165, 1.54) is 63.4 Å². The normalized spacial score (nSPS) is 12.2. The van der Waals surface area contributed by atoms with Gasteiger partial charge in [-0.15, -0.1) is 0 Å². The first-order valence-electron chi connectivity index (χ1n) is 13.3. The molecule has 4 nitrogen and oxygen atoms in total. The molecule has 1 N–H and O–H groups in total. The van der Waals surface area contributed by atoms with Crippen LogP contribution in [0.25, 0.3) is 11.0 Å². The Kier molecular flexibility index (Phi) is 10.2. The summed E-state index contributed by atoms with van der Waals surface area (Å²) in [6.45, 7) is 9.29. The Morgan fingerprint density at radius 2 is 1.56 bits per heavy atom. The minimum atomic E-state index is -0.163. The van der Waals surface area contributed by atoms with E-state index in [0.29, 0.717) is 0 Å². The number of aryl methyl sites for hydroxylation is 3. The molecule has 1 atom stereocenters. The molecule has 0 saturated heterocycles. The van der Waals surface area contributed by atoms with Gasteiger partial charge in [-0.3, -0.25) is 4.79 Å². The molecule has 4 heteroatoms. The topological polar surface area (TPSA) is 46.9 Å². The molecule has 0 saturated carbocycles. The molecule has 0 radical (unpaired) electrons. The molecule has 184 valence electrons. The van der Waals surface area contributed by atoms with Gasteiger partial charge in [-0.2, -0.15) is 0 Å². The first kappa shape index (κ1) is 26.0. The van der Waals surface area contributed by atoms with Crippen molar-refractivity contribution in [3.63, 3.8) is 0 Å². The van der Waals surface area contributed by atoms with Crippen molar-refractivity contribution < 1.29 is 4.79 Å². The van der Waals surface area contributed by atoms with Gasteiger partial charge in [0.05, 0.1) is 17.1 Å². The number of nitrogens with zero attached hydrogens (tertiary/aromatic N) is 2. The first-order chi connectivity index (χ1) is 16.5. The highest BCUT2D eigenvalue weighted by atomic mass is 16.1. The van der Waals surface area contributed by atoms with Gasteiger partial charge in [0.2, 0.25) is 0 Å². The fourth-order valence-corrected chi connectivity index (χ4v) is 4.82. The van der Waals surface area contributed by atoms with Gasteiger partial charge in [0, 0.05) is 12.1 Å². The monoisotopic (exact) mass is 461 g/mol. The summed E-state index contributed by atoms with van der Waals surface area (Å²) < 4.78 is 2.31. The lowest BCUT2D eigenvalue weighted by Crippen LogP contribution is -2.29. The van der Waals surface area contributed by atoms with Gasteiger partial charge in [0.25, 0.3) is 5.91 Å². The number of fused-ring (bicyclic) bond motifs is 1. The maximum Gasteiger partial charge on any atom is 0.252 e. The summed E-state index contributed by atoms with van der Waals surface area (Å²) in [5.74, 6) is 0.901. The highest BCUT2D eigenvalue weighted by Gasteiger charge is 2.19. The largest absolute Gasteiger partial charge is 0.342 e.